The first kappa shape index (κ1) is 13.2. The molecule has 0 bridgehead atoms. The van der Waals surface area contributed by atoms with Gasteiger partial charge in [0.15, 0.2) is 0 Å². The third-order valence-corrected chi connectivity index (χ3v) is 3.00. The van der Waals surface area contributed by atoms with Crippen molar-refractivity contribution in [2.45, 2.75) is 33.2 Å². The van der Waals surface area contributed by atoms with E-state index >= 15 is 0 Å². The summed E-state index contributed by atoms with van der Waals surface area (Å²) in [5, 5.41) is 0. The molecule has 0 atom stereocenters. The van der Waals surface area contributed by atoms with Crippen LogP contribution < -0.4 is 10.6 Å². The van der Waals surface area contributed by atoms with Gasteiger partial charge in [-0.2, -0.15) is 0 Å². The number of nitrogens with zero attached hydrogens (tertiary/aromatic N) is 3. The maximum Gasteiger partial charge on any atom is 0.225 e. The number of halogens is 1. The molecular weight excluding hydrogens is 224 g/mol. The zero-order valence-corrected chi connectivity index (χ0v) is 10.7. The molecule has 0 spiro atoms. The van der Waals surface area contributed by atoms with Crippen molar-refractivity contribution in [2.75, 3.05) is 18.0 Å². The highest BCUT2D eigenvalue weighted by Crippen LogP contribution is 2.18. The van der Waals surface area contributed by atoms with Crippen LogP contribution in [-0.4, -0.2) is 23.1 Å². The Kier molecular flexibility index (Phi) is 4.50. The van der Waals surface area contributed by atoms with Gasteiger partial charge in [-0.05, 0) is 26.7 Å². The highest BCUT2D eigenvalue weighted by atomic mass is 35.5. The lowest BCUT2D eigenvalue weighted by atomic mass is 10.2. The molecule has 0 unspecified atom stereocenters. The first-order chi connectivity index (χ1) is 7.22. The highest BCUT2D eigenvalue weighted by molar-refractivity contribution is 5.85. The van der Waals surface area contributed by atoms with Gasteiger partial charge in [0, 0.05) is 36.6 Å². The summed E-state index contributed by atoms with van der Waals surface area (Å²) in [6.45, 7) is 6.71. The molecule has 1 aromatic heterocycles. The van der Waals surface area contributed by atoms with Crippen LogP contribution in [0.25, 0.3) is 0 Å². The predicted molar refractivity (Wildman–Crippen MR) is 68.1 cm³/mol. The Bertz CT molecular complexity index is 338. The molecule has 5 heteroatoms. The Balaban J connectivity index is 0.00000128. The van der Waals surface area contributed by atoms with Crippen molar-refractivity contribution in [3.63, 3.8) is 0 Å². The second-order valence-electron chi connectivity index (χ2n) is 4.07. The summed E-state index contributed by atoms with van der Waals surface area (Å²) in [4.78, 5) is 11.3. The number of aromatic nitrogens is 2. The van der Waals surface area contributed by atoms with E-state index in [4.69, 9.17) is 5.73 Å². The maximum absolute atomic E-state index is 5.66. The first-order valence-corrected chi connectivity index (χ1v) is 5.51. The topological polar surface area (TPSA) is 55.0 Å². The molecule has 16 heavy (non-hydrogen) atoms. The molecular formula is C11H19ClN4. The molecule has 0 aromatic carbocycles. The Morgan fingerprint density at radius 3 is 2.06 bits per heavy atom. The van der Waals surface area contributed by atoms with Crippen LogP contribution >= 0.6 is 12.4 Å². The Labute approximate surface area is 103 Å². The molecule has 0 aliphatic carbocycles. The van der Waals surface area contributed by atoms with Gasteiger partial charge < -0.3 is 10.6 Å². The third kappa shape index (κ3) is 2.44. The molecule has 1 aliphatic rings. The Hall–Kier alpha value is -0.870. The minimum Gasteiger partial charge on any atom is -0.341 e. The van der Waals surface area contributed by atoms with E-state index in [-0.39, 0.29) is 12.4 Å². The fourth-order valence-electron chi connectivity index (χ4n) is 2.08. The van der Waals surface area contributed by atoms with Crippen LogP contribution in [0.4, 0.5) is 5.95 Å². The molecule has 1 aromatic rings. The number of aryl methyl sites for hydroxylation is 2. The van der Waals surface area contributed by atoms with Crippen molar-refractivity contribution in [3.05, 3.63) is 17.0 Å². The van der Waals surface area contributed by atoms with Gasteiger partial charge in [0.1, 0.15) is 0 Å². The van der Waals surface area contributed by atoms with E-state index in [1.54, 1.807) is 0 Å². The van der Waals surface area contributed by atoms with Crippen molar-refractivity contribution < 1.29 is 0 Å². The van der Waals surface area contributed by atoms with Gasteiger partial charge in [-0.3, -0.25) is 0 Å². The third-order valence-electron chi connectivity index (χ3n) is 3.00. The monoisotopic (exact) mass is 242 g/mol. The van der Waals surface area contributed by atoms with Crippen LogP contribution in [0.1, 0.15) is 29.8 Å². The summed E-state index contributed by atoms with van der Waals surface area (Å²) >= 11 is 0. The van der Waals surface area contributed by atoms with Gasteiger partial charge >= 0.3 is 0 Å². The molecule has 4 nitrogen and oxygen atoms in total. The number of rotatable bonds is 2. The number of hydrogen-bond donors (Lipinski definition) is 1. The van der Waals surface area contributed by atoms with E-state index in [1.807, 2.05) is 13.8 Å². The van der Waals surface area contributed by atoms with Crippen LogP contribution in [-0.2, 0) is 6.54 Å². The quantitative estimate of drug-likeness (QED) is 0.856. The van der Waals surface area contributed by atoms with E-state index in [1.165, 1.54) is 12.8 Å². The number of anilines is 1. The molecule has 2 heterocycles. The van der Waals surface area contributed by atoms with Gasteiger partial charge in [-0.1, -0.05) is 0 Å². The number of nitrogens with two attached hydrogens (primary N) is 1. The molecule has 0 saturated carbocycles. The molecule has 2 rings (SSSR count). The maximum atomic E-state index is 5.66. The molecule has 0 amide bonds. The van der Waals surface area contributed by atoms with Crippen molar-refractivity contribution in [3.8, 4) is 0 Å². The molecule has 0 radical (unpaired) electrons. The molecule has 1 fully saturated rings. The number of hydrogen-bond acceptors (Lipinski definition) is 4. The van der Waals surface area contributed by atoms with Gasteiger partial charge in [0.05, 0.1) is 0 Å². The Morgan fingerprint density at radius 2 is 1.62 bits per heavy atom. The SMILES string of the molecule is Cc1nc(N2CCCC2)nc(C)c1CN.Cl. The van der Waals surface area contributed by atoms with Crippen LogP contribution in [0.5, 0.6) is 0 Å². The van der Waals surface area contributed by atoms with Crippen LogP contribution in [0.15, 0.2) is 0 Å². The fraction of sp³-hybridized carbons (Fsp3) is 0.636. The smallest absolute Gasteiger partial charge is 0.225 e. The lowest BCUT2D eigenvalue weighted by Gasteiger charge is -2.17. The highest BCUT2D eigenvalue weighted by Gasteiger charge is 2.16. The normalized spacial score (nSPS) is 15.1. The summed E-state index contributed by atoms with van der Waals surface area (Å²) in [6, 6.07) is 0. The second kappa shape index (κ2) is 5.46. The van der Waals surface area contributed by atoms with Gasteiger partial charge in [0.2, 0.25) is 5.95 Å². The average molecular weight is 243 g/mol. The predicted octanol–water partition coefficient (Wildman–Crippen LogP) is 1.57. The summed E-state index contributed by atoms with van der Waals surface area (Å²) in [7, 11) is 0. The van der Waals surface area contributed by atoms with Crippen molar-refractivity contribution in [2.24, 2.45) is 5.73 Å². The van der Waals surface area contributed by atoms with Crippen LogP contribution in [0.3, 0.4) is 0 Å². The zero-order valence-electron chi connectivity index (χ0n) is 9.86. The minimum atomic E-state index is 0. The lowest BCUT2D eigenvalue weighted by molar-refractivity contribution is 0.853. The summed E-state index contributed by atoms with van der Waals surface area (Å²) in [5.41, 5.74) is 8.78. The van der Waals surface area contributed by atoms with E-state index in [9.17, 15) is 0 Å². The Morgan fingerprint density at radius 1 is 1.12 bits per heavy atom. The minimum absolute atomic E-state index is 0. The summed E-state index contributed by atoms with van der Waals surface area (Å²) in [6.07, 6.45) is 2.50. The average Bonchev–Trinajstić information content (AvgIpc) is 2.69. The summed E-state index contributed by atoms with van der Waals surface area (Å²) in [5.74, 6) is 0.875. The van der Waals surface area contributed by atoms with Crippen molar-refractivity contribution in [1.29, 1.82) is 0 Å². The first-order valence-electron chi connectivity index (χ1n) is 5.51. The van der Waals surface area contributed by atoms with E-state index in [2.05, 4.69) is 14.9 Å². The van der Waals surface area contributed by atoms with Crippen LogP contribution in [0.2, 0.25) is 0 Å². The van der Waals surface area contributed by atoms with Crippen molar-refractivity contribution >= 4 is 18.4 Å². The lowest BCUT2D eigenvalue weighted by Crippen LogP contribution is -2.22. The molecule has 1 aliphatic heterocycles. The van der Waals surface area contributed by atoms with Gasteiger partial charge in [-0.15, -0.1) is 12.4 Å². The molecule has 1 saturated heterocycles. The second-order valence-corrected chi connectivity index (χ2v) is 4.07. The van der Waals surface area contributed by atoms with Crippen molar-refractivity contribution in [1.82, 2.24) is 9.97 Å². The van der Waals surface area contributed by atoms with Crippen LogP contribution in [0, 0.1) is 13.8 Å². The standard InChI is InChI=1S/C11H18N4.ClH/c1-8-10(7-12)9(2)14-11(13-8)15-5-3-4-6-15;/h3-7,12H2,1-2H3;1H. The molecule has 90 valence electrons. The fourth-order valence-corrected chi connectivity index (χ4v) is 2.08. The zero-order chi connectivity index (χ0) is 10.8. The van der Waals surface area contributed by atoms with Gasteiger partial charge in [-0.25, -0.2) is 9.97 Å². The van der Waals surface area contributed by atoms with Gasteiger partial charge in [0.25, 0.3) is 0 Å². The largest absolute Gasteiger partial charge is 0.341 e. The van der Waals surface area contributed by atoms with E-state index in [0.717, 1.165) is 36.0 Å². The molecule has 2 N–H and O–H groups in total. The van der Waals surface area contributed by atoms with E-state index in [0.29, 0.717) is 6.54 Å². The van der Waals surface area contributed by atoms with E-state index < -0.39 is 0 Å². The summed E-state index contributed by atoms with van der Waals surface area (Å²) < 4.78 is 0.